The predicted octanol–water partition coefficient (Wildman–Crippen LogP) is 5.10. The van der Waals surface area contributed by atoms with Crippen LogP contribution in [-0.4, -0.2) is 12.9 Å². The Morgan fingerprint density at radius 3 is 2.47 bits per heavy atom. The molecule has 1 aromatic heterocycles. The molecule has 1 heterocycles. The number of methoxy groups -OCH3 is 1. The zero-order valence-electron chi connectivity index (χ0n) is 10.3. The lowest BCUT2D eigenvalue weighted by Crippen LogP contribution is -1.99. The minimum Gasteiger partial charge on any atom is -0.497 e. The fourth-order valence-electron chi connectivity index (χ4n) is 1.67. The number of aryl methyl sites for hydroxylation is 1. The van der Waals surface area contributed by atoms with E-state index >= 15 is 0 Å². The molecule has 0 aliphatic rings. The van der Waals surface area contributed by atoms with E-state index in [9.17, 15) is 4.79 Å². The van der Waals surface area contributed by atoms with Crippen LogP contribution in [0, 0.1) is 0 Å². The standard InChI is InChI=1S/C14H12Br2O2S/c1-18-10-5-2-9(3-6-10)4-7-12(17)14-13(16)11(15)8-19-14/h2-3,5-6,8H,4,7H2,1H3. The molecule has 0 unspecified atom stereocenters. The van der Waals surface area contributed by atoms with Crippen molar-refractivity contribution < 1.29 is 9.53 Å². The van der Waals surface area contributed by atoms with Gasteiger partial charge in [0.05, 0.1) is 16.5 Å². The molecule has 0 spiro atoms. The summed E-state index contributed by atoms with van der Waals surface area (Å²) in [7, 11) is 1.64. The van der Waals surface area contributed by atoms with E-state index in [-0.39, 0.29) is 5.78 Å². The van der Waals surface area contributed by atoms with E-state index in [4.69, 9.17) is 4.74 Å². The maximum absolute atomic E-state index is 12.1. The smallest absolute Gasteiger partial charge is 0.174 e. The van der Waals surface area contributed by atoms with Gasteiger partial charge in [-0.25, -0.2) is 0 Å². The van der Waals surface area contributed by atoms with Crippen molar-refractivity contribution in [1.29, 1.82) is 0 Å². The van der Waals surface area contributed by atoms with Crippen molar-refractivity contribution in [3.05, 3.63) is 49.0 Å². The number of thiophene rings is 1. The number of carbonyl (C=O) groups excluding carboxylic acids is 1. The van der Waals surface area contributed by atoms with E-state index < -0.39 is 0 Å². The molecule has 0 N–H and O–H groups in total. The number of ketones is 1. The molecule has 2 aromatic rings. The topological polar surface area (TPSA) is 26.3 Å². The van der Waals surface area contributed by atoms with Crippen LogP contribution in [-0.2, 0) is 6.42 Å². The van der Waals surface area contributed by atoms with Crippen LogP contribution >= 0.6 is 43.2 Å². The monoisotopic (exact) mass is 402 g/mol. The first-order chi connectivity index (χ1) is 9.11. The van der Waals surface area contributed by atoms with E-state index in [1.807, 2.05) is 29.6 Å². The summed E-state index contributed by atoms with van der Waals surface area (Å²) < 4.78 is 6.90. The molecular weight excluding hydrogens is 392 g/mol. The van der Waals surface area contributed by atoms with Gasteiger partial charge < -0.3 is 4.74 Å². The van der Waals surface area contributed by atoms with Gasteiger partial charge in [0.1, 0.15) is 5.75 Å². The van der Waals surface area contributed by atoms with Gasteiger partial charge in [0.15, 0.2) is 5.78 Å². The first-order valence-corrected chi connectivity index (χ1v) is 8.17. The lowest BCUT2D eigenvalue weighted by molar-refractivity contribution is 0.0986. The van der Waals surface area contributed by atoms with E-state index in [0.717, 1.165) is 31.6 Å². The molecule has 1 aromatic carbocycles. The van der Waals surface area contributed by atoms with Crippen LogP contribution in [0.5, 0.6) is 5.75 Å². The zero-order chi connectivity index (χ0) is 13.8. The average Bonchev–Trinajstić information content (AvgIpc) is 2.77. The van der Waals surface area contributed by atoms with Gasteiger partial charge in [-0.3, -0.25) is 4.79 Å². The minimum absolute atomic E-state index is 0.165. The Kier molecular flexibility index (Phi) is 5.19. The SMILES string of the molecule is COc1ccc(CCC(=O)c2scc(Br)c2Br)cc1. The highest BCUT2D eigenvalue weighted by atomic mass is 79.9. The molecular formula is C14H12Br2O2S. The van der Waals surface area contributed by atoms with Gasteiger partial charge in [-0.2, -0.15) is 0 Å². The number of benzene rings is 1. The zero-order valence-corrected chi connectivity index (χ0v) is 14.3. The largest absolute Gasteiger partial charge is 0.497 e. The Balaban J connectivity index is 1.98. The molecule has 0 aliphatic carbocycles. The van der Waals surface area contributed by atoms with Crippen LogP contribution in [0.3, 0.4) is 0 Å². The Bertz CT molecular complexity index is 576. The Morgan fingerprint density at radius 2 is 1.95 bits per heavy atom. The van der Waals surface area contributed by atoms with Crippen LogP contribution in [0.25, 0.3) is 0 Å². The lowest BCUT2D eigenvalue weighted by atomic mass is 10.1. The van der Waals surface area contributed by atoms with Gasteiger partial charge in [0, 0.05) is 16.3 Å². The van der Waals surface area contributed by atoms with Crippen molar-refractivity contribution >= 4 is 49.0 Å². The average molecular weight is 404 g/mol. The number of Topliss-reactive ketones (excluding diaryl/α,β-unsaturated/α-hetero) is 1. The van der Waals surface area contributed by atoms with Gasteiger partial charge in [0.2, 0.25) is 0 Å². The summed E-state index contributed by atoms with van der Waals surface area (Å²) in [5, 5.41) is 1.92. The highest BCUT2D eigenvalue weighted by Crippen LogP contribution is 2.33. The van der Waals surface area contributed by atoms with Crippen molar-refractivity contribution in [2.75, 3.05) is 7.11 Å². The number of hydrogen-bond acceptors (Lipinski definition) is 3. The summed E-state index contributed by atoms with van der Waals surface area (Å²) in [5.41, 5.74) is 1.14. The van der Waals surface area contributed by atoms with E-state index in [1.165, 1.54) is 11.3 Å². The lowest BCUT2D eigenvalue weighted by Gasteiger charge is -2.03. The number of halogens is 2. The first kappa shape index (κ1) is 14.8. The number of hydrogen-bond donors (Lipinski definition) is 0. The van der Waals surface area contributed by atoms with E-state index in [1.54, 1.807) is 7.11 Å². The Hall–Kier alpha value is -0.650. The summed E-state index contributed by atoms with van der Waals surface area (Å²) in [5.74, 6) is 0.999. The van der Waals surface area contributed by atoms with Crippen LogP contribution in [0.15, 0.2) is 38.6 Å². The molecule has 2 rings (SSSR count). The molecule has 0 radical (unpaired) electrons. The van der Waals surface area contributed by atoms with Crippen LogP contribution in [0.1, 0.15) is 21.7 Å². The van der Waals surface area contributed by atoms with Crippen molar-refractivity contribution in [3.63, 3.8) is 0 Å². The summed E-state index contributed by atoms with van der Waals surface area (Å²) in [6.45, 7) is 0. The van der Waals surface area contributed by atoms with E-state index in [0.29, 0.717) is 6.42 Å². The fraction of sp³-hybridized carbons (Fsp3) is 0.214. The highest BCUT2D eigenvalue weighted by molar-refractivity contribution is 9.13. The second kappa shape index (κ2) is 6.68. The predicted molar refractivity (Wildman–Crippen MR) is 85.4 cm³/mol. The minimum atomic E-state index is 0.165. The summed E-state index contributed by atoms with van der Waals surface area (Å²) in [4.78, 5) is 12.9. The van der Waals surface area contributed by atoms with Gasteiger partial charge in [-0.05, 0) is 56.0 Å². The summed E-state index contributed by atoms with van der Waals surface area (Å²) >= 11 is 8.28. The quantitative estimate of drug-likeness (QED) is 0.649. The second-order valence-corrected chi connectivity index (χ2v) is 6.52. The maximum atomic E-state index is 12.1. The molecule has 0 fully saturated rings. The fourth-order valence-corrected chi connectivity index (χ4v) is 3.84. The maximum Gasteiger partial charge on any atom is 0.174 e. The number of ether oxygens (including phenoxy) is 1. The molecule has 0 atom stereocenters. The van der Waals surface area contributed by atoms with Gasteiger partial charge in [-0.15, -0.1) is 11.3 Å². The van der Waals surface area contributed by atoms with E-state index in [2.05, 4.69) is 31.9 Å². The van der Waals surface area contributed by atoms with Gasteiger partial charge in [0.25, 0.3) is 0 Å². The van der Waals surface area contributed by atoms with Crippen molar-refractivity contribution in [2.45, 2.75) is 12.8 Å². The Morgan fingerprint density at radius 1 is 1.26 bits per heavy atom. The third kappa shape index (κ3) is 3.68. The summed E-state index contributed by atoms with van der Waals surface area (Å²) in [6.07, 6.45) is 1.25. The molecule has 5 heteroatoms. The molecule has 0 amide bonds. The number of carbonyl (C=O) groups is 1. The molecule has 0 saturated heterocycles. The third-order valence-corrected chi connectivity index (χ3v) is 6.31. The normalized spacial score (nSPS) is 10.5. The van der Waals surface area contributed by atoms with Crippen LogP contribution < -0.4 is 4.74 Å². The summed E-state index contributed by atoms with van der Waals surface area (Å²) in [6, 6.07) is 7.81. The van der Waals surface area contributed by atoms with Gasteiger partial charge in [-0.1, -0.05) is 12.1 Å². The van der Waals surface area contributed by atoms with Crippen LogP contribution in [0.4, 0.5) is 0 Å². The molecule has 100 valence electrons. The molecule has 19 heavy (non-hydrogen) atoms. The van der Waals surface area contributed by atoms with Gasteiger partial charge >= 0.3 is 0 Å². The molecule has 2 nitrogen and oxygen atoms in total. The highest BCUT2D eigenvalue weighted by Gasteiger charge is 2.14. The van der Waals surface area contributed by atoms with Crippen molar-refractivity contribution in [3.8, 4) is 5.75 Å². The number of rotatable bonds is 5. The molecule has 0 bridgehead atoms. The van der Waals surface area contributed by atoms with Crippen LogP contribution in [0.2, 0.25) is 0 Å². The first-order valence-electron chi connectivity index (χ1n) is 5.70. The van der Waals surface area contributed by atoms with Crippen molar-refractivity contribution in [1.82, 2.24) is 0 Å². The second-order valence-electron chi connectivity index (χ2n) is 4.00. The Labute approximate surface area is 133 Å². The molecule has 0 aliphatic heterocycles. The van der Waals surface area contributed by atoms with Crippen molar-refractivity contribution in [2.24, 2.45) is 0 Å². The third-order valence-electron chi connectivity index (χ3n) is 2.74. The molecule has 0 saturated carbocycles.